The fourth-order valence-electron chi connectivity index (χ4n) is 0.813. The molecule has 0 unspecified atom stereocenters. The molecule has 0 spiro atoms. The van der Waals surface area contributed by atoms with Crippen LogP contribution in [0.25, 0.3) is 0 Å². The molecule has 0 heterocycles. The Kier molecular flexibility index (Phi) is 18.5. The van der Waals surface area contributed by atoms with Gasteiger partial charge in [0.05, 0.1) is 5.56 Å². The van der Waals surface area contributed by atoms with E-state index < -0.39 is 5.97 Å². The Hall–Kier alpha value is -0.140. The van der Waals surface area contributed by atoms with Crippen molar-refractivity contribution in [2.75, 3.05) is 0 Å². The zero-order valence-corrected chi connectivity index (χ0v) is 14.9. The van der Waals surface area contributed by atoms with Crippen LogP contribution in [0.1, 0.15) is 36.7 Å². The molecule has 0 bridgehead atoms. The normalized spacial score (nSPS) is 8.68. The number of aryl methyl sites for hydroxylation is 1. The molecule has 1 aromatic rings. The minimum absolute atomic E-state index is 0. The van der Waals surface area contributed by atoms with Gasteiger partial charge in [0.2, 0.25) is 0 Å². The van der Waals surface area contributed by atoms with Crippen molar-refractivity contribution < 1.29 is 44.9 Å². The topological polar surface area (TPSA) is 105 Å². The number of aromatic carboxylic acids is 1. The van der Waals surface area contributed by atoms with E-state index in [-0.39, 0.29) is 53.0 Å². The Morgan fingerprint density at radius 3 is 1.84 bits per heavy atom. The third-order valence-electron chi connectivity index (χ3n) is 1.81. The van der Waals surface area contributed by atoms with Crippen LogP contribution in [0.3, 0.4) is 0 Å². The summed E-state index contributed by atoms with van der Waals surface area (Å²) in [6.07, 6.45) is 0. The summed E-state index contributed by atoms with van der Waals surface area (Å²) in [7, 11) is 0. The minimum Gasteiger partial charge on any atom is -0.870 e. The molecule has 5 N–H and O–H groups in total. The van der Waals surface area contributed by atoms with Crippen molar-refractivity contribution in [3.63, 3.8) is 0 Å². The van der Waals surface area contributed by atoms with Gasteiger partial charge in [-0.25, -0.2) is 4.79 Å². The Morgan fingerprint density at radius 2 is 1.63 bits per heavy atom. The molecule has 0 aromatic heterocycles. The van der Waals surface area contributed by atoms with Crippen LogP contribution < -0.4 is 40.8 Å². The zero-order chi connectivity index (χ0) is 12.8. The maximum Gasteiger partial charge on any atom is 1.00 e. The molecule has 0 saturated carbocycles. The van der Waals surface area contributed by atoms with Crippen LogP contribution in [-0.4, -0.2) is 22.1 Å². The molecule has 1 aromatic carbocycles. The Labute approximate surface area is 142 Å². The second-order valence-electron chi connectivity index (χ2n) is 4.51. The number of benzene rings is 1. The van der Waals surface area contributed by atoms with Gasteiger partial charge in [-0.15, -0.1) is 12.4 Å². The molecule has 0 saturated heterocycles. The van der Waals surface area contributed by atoms with E-state index in [9.17, 15) is 4.79 Å². The van der Waals surface area contributed by atoms with Gasteiger partial charge in [-0.3, -0.25) is 11.3 Å². The average molecular weight is 301 g/mol. The first-order valence-corrected chi connectivity index (χ1v) is 5.04. The second-order valence-corrected chi connectivity index (χ2v) is 4.51. The van der Waals surface area contributed by atoms with Crippen LogP contribution in [-0.2, 0) is 0 Å². The number of hydrogen-bond donors (Lipinski definition) is 3. The number of carboxylic acids is 1. The molecule has 106 valence electrons. The zero-order valence-electron chi connectivity index (χ0n) is 12.1. The van der Waals surface area contributed by atoms with Gasteiger partial charge in [0.1, 0.15) is 0 Å². The van der Waals surface area contributed by atoms with E-state index in [1.165, 1.54) is 0 Å². The molecule has 0 radical (unpaired) electrons. The van der Waals surface area contributed by atoms with Gasteiger partial charge in [0.25, 0.3) is 0 Å². The van der Waals surface area contributed by atoms with Crippen molar-refractivity contribution in [3.8, 4) is 0 Å². The number of rotatable bonds is 1. The number of hydrogen-bond acceptors (Lipinski definition) is 4. The molecule has 19 heavy (non-hydrogen) atoms. The van der Waals surface area contributed by atoms with Gasteiger partial charge in [0.15, 0.2) is 0 Å². The number of nitrogens with one attached hydrogen (secondary N) is 1. The molecule has 0 aliphatic carbocycles. The third kappa shape index (κ3) is 14.1. The maximum atomic E-state index is 10.4. The summed E-state index contributed by atoms with van der Waals surface area (Å²) in [6.45, 7) is 7.80. The van der Waals surface area contributed by atoms with E-state index in [1.54, 1.807) is 25.1 Å². The van der Waals surface area contributed by atoms with Crippen LogP contribution in [0.15, 0.2) is 24.3 Å². The molecule has 0 atom stereocenters. The summed E-state index contributed by atoms with van der Waals surface area (Å²) < 4.78 is 0. The van der Waals surface area contributed by atoms with E-state index in [2.05, 4.69) is 5.43 Å². The number of carbonyl (C=O) groups is 1. The summed E-state index contributed by atoms with van der Waals surface area (Å²) in [5.74, 6) is 4.19. The minimum atomic E-state index is -0.863. The molecular weight excluding hydrogens is 279 g/mol. The molecule has 7 heteroatoms. The first-order valence-electron chi connectivity index (χ1n) is 5.04. The maximum absolute atomic E-state index is 10.4. The average Bonchev–Trinajstić information content (AvgIpc) is 2.18. The molecule has 5 nitrogen and oxygen atoms in total. The van der Waals surface area contributed by atoms with Gasteiger partial charge >= 0.3 is 35.5 Å². The molecular formula is C12H22ClN2NaO3. The predicted molar refractivity (Wildman–Crippen MR) is 74.4 cm³/mol. The predicted octanol–water partition coefficient (Wildman–Crippen LogP) is -0.810. The van der Waals surface area contributed by atoms with E-state index in [0.29, 0.717) is 5.56 Å². The number of carboxylic acid groups (broad SMARTS) is 1. The quantitative estimate of drug-likeness (QED) is 0.357. The van der Waals surface area contributed by atoms with Crippen molar-refractivity contribution in [1.29, 1.82) is 0 Å². The van der Waals surface area contributed by atoms with E-state index in [0.717, 1.165) is 5.56 Å². The van der Waals surface area contributed by atoms with Gasteiger partial charge in [-0.05, 0) is 39.3 Å². The number of hydrazine groups is 1. The second kappa shape index (κ2) is 12.9. The largest absolute Gasteiger partial charge is 1.00 e. The molecule has 0 aliphatic rings. The first-order chi connectivity index (χ1) is 7.28. The van der Waals surface area contributed by atoms with Crippen LogP contribution in [0, 0.1) is 6.92 Å². The summed E-state index contributed by atoms with van der Waals surface area (Å²) in [5, 5.41) is 8.57. The Bertz CT molecular complexity index is 357. The smallest absolute Gasteiger partial charge is 0.870 e. The fraction of sp³-hybridized carbons (Fsp3) is 0.417. The van der Waals surface area contributed by atoms with Gasteiger partial charge in [0, 0.05) is 5.54 Å². The van der Waals surface area contributed by atoms with E-state index in [4.69, 9.17) is 10.9 Å². The molecule has 0 amide bonds. The van der Waals surface area contributed by atoms with Crippen molar-refractivity contribution in [2.24, 2.45) is 5.84 Å². The summed E-state index contributed by atoms with van der Waals surface area (Å²) in [5.41, 5.74) is 3.85. The monoisotopic (exact) mass is 300 g/mol. The third-order valence-corrected chi connectivity index (χ3v) is 1.81. The van der Waals surface area contributed by atoms with E-state index >= 15 is 0 Å². The summed E-state index contributed by atoms with van der Waals surface area (Å²) in [6, 6.07) is 6.92. The van der Waals surface area contributed by atoms with Crippen LogP contribution in [0.4, 0.5) is 0 Å². The van der Waals surface area contributed by atoms with E-state index in [1.807, 2.05) is 26.8 Å². The van der Waals surface area contributed by atoms with Crippen LogP contribution in [0.5, 0.6) is 0 Å². The standard InChI is InChI=1S/C8H8O2.C4H12N2.ClH.Na.H2O/c1-6-4-2-3-5-7(6)8(9)10;1-4(2,3)6-5;;;/h2-5H,1H3,(H,9,10);6H,5H2,1-3H3;1H;;1H2/q;;;+1;/p-1. The summed E-state index contributed by atoms with van der Waals surface area (Å²) >= 11 is 0. The van der Waals surface area contributed by atoms with Gasteiger partial charge in [-0.1, -0.05) is 18.2 Å². The van der Waals surface area contributed by atoms with Gasteiger partial charge in [-0.2, -0.15) is 0 Å². The van der Waals surface area contributed by atoms with Gasteiger partial charge < -0.3 is 10.6 Å². The molecule has 0 fully saturated rings. The Morgan fingerprint density at radius 1 is 1.26 bits per heavy atom. The fourth-order valence-corrected chi connectivity index (χ4v) is 0.813. The number of nitrogens with two attached hydrogens (primary N) is 1. The van der Waals surface area contributed by atoms with Crippen molar-refractivity contribution >= 4 is 18.4 Å². The Balaban J connectivity index is -0.000000112. The van der Waals surface area contributed by atoms with Crippen molar-refractivity contribution in [3.05, 3.63) is 35.4 Å². The molecule has 0 aliphatic heterocycles. The van der Waals surface area contributed by atoms with Crippen molar-refractivity contribution in [2.45, 2.75) is 33.2 Å². The molecule has 1 rings (SSSR count). The van der Waals surface area contributed by atoms with Crippen LogP contribution in [0.2, 0.25) is 0 Å². The summed E-state index contributed by atoms with van der Waals surface area (Å²) in [4.78, 5) is 10.4. The first kappa shape index (κ1) is 27.2. The number of halogens is 1. The van der Waals surface area contributed by atoms with Crippen LogP contribution >= 0.6 is 12.4 Å². The SMILES string of the molecule is CC(C)(C)NN.Cc1ccccc1C(=O)O.Cl.[Na+].[OH-]. The van der Waals surface area contributed by atoms with Crippen molar-refractivity contribution in [1.82, 2.24) is 5.43 Å².